The number of benzene rings is 2. The van der Waals surface area contributed by atoms with Crippen LogP contribution < -0.4 is 11.3 Å². The molecule has 0 bridgehead atoms. The molecule has 0 fully saturated rings. The molecule has 0 spiro atoms. The molecule has 2 heteroatoms. The zero-order valence-corrected chi connectivity index (χ0v) is 10.4. The molecular weight excluding hydrogens is 220 g/mol. The van der Waals surface area contributed by atoms with Gasteiger partial charge in [-0.1, -0.05) is 42.5 Å². The third kappa shape index (κ3) is 2.70. The van der Waals surface area contributed by atoms with Gasteiger partial charge in [0, 0.05) is 12.5 Å². The van der Waals surface area contributed by atoms with Gasteiger partial charge in [0.05, 0.1) is 0 Å². The lowest BCUT2D eigenvalue weighted by Gasteiger charge is -2.18. The molecule has 1 atom stereocenters. The summed E-state index contributed by atoms with van der Waals surface area (Å²) in [4.78, 5) is 0. The molecule has 1 unspecified atom stereocenters. The van der Waals surface area contributed by atoms with Gasteiger partial charge >= 0.3 is 0 Å². The van der Waals surface area contributed by atoms with Crippen molar-refractivity contribution in [2.24, 2.45) is 5.84 Å². The van der Waals surface area contributed by atoms with Gasteiger partial charge in [0.2, 0.25) is 0 Å². The topological polar surface area (TPSA) is 38.0 Å². The van der Waals surface area contributed by atoms with Gasteiger partial charge < -0.3 is 0 Å². The van der Waals surface area contributed by atoms with E-state index in [0.717, 1.165) is 19.3 Å². The van der Waals surface area contributed by atoms with Gasteiger partial charge in [-0.05, 0) is 29.2 Å². The van der Waals surface area contributed by atoms with E-state index in [9.17, 15) is 0 Å². The van der Waals surface area contributed by atoms with Crippen LogP contribution in [0.25, 0.3) is 10.8 Å². The molecule has 18 heavy (non-hydrogen) atoms. The fourth-order valence-corrected chi connectivity index (χ4v) is 2.29. The first-order valence-electron chi connectivity index (χ1n) is 6.24. The third-order valence-electron chi connectivity index (χ3n) is 3.21. The monoisotopic (exact) mass is 238 g/mol. The minimum atomic E-state index is 0.157. The molecule has 0 radical (unpaired) electrons. The zero-order chi connectivity index (χ0) is 12.8. The number of fused-ring (bicyclic) bond motifs is 1. The molecule has 0 aromatic heterocycles. The van der Waals surface area contributed by atoms with E-state index in [0.29, 0.717) is 0 Å². The van der Waals surface area contributed by atoms with Crippen LogP contribution in [0.15, 0.2) is 42.5 Å². The quantitative estimate of drug-likeness (QED) is 0.363. The Morgan fingerprint density at radius 1 is 1.17 bits per heavy atom. The molecule has 2 rings (SSSR count). The van der Waals surface area contributed by atoms with Crippen LogP contribution in [0.4, 0.5) is 0 Å². The maximum Gasteiger partial charge on any atom is 0.0466 e. The molecule has 0 saturated heterocycles. The summed E-state index contributed by atoms with van der Waals surface area (Å²) in [5.74, 6) is 8.34. The fourth-order valence-electron chi connectivity index (χ4n) is 2.29. The molecule has 0 amide bonds. The number of unbranched alkanes of at least 4 members (excludes halogenated alkanes) is 1. The smallest absolute Gasteiger partial charge is 0.0466 e. The summed E-state index contributed by atoms with van der Waals surface area (Å²) in [6.45, 7) is 0. The van der Waals surface area contributed by atoms with Crippen molar-refractivity contribution in [3.63, 3.8) is 0 Å². The van der Waals surface area contributed by atoms with Crippen molar-refractivity contribution in [3.05, 3.63) is 48.0 Å². The Bertz CT molecular complexity index is 549. The minimum absolute atomic E-state index is 0.157. The van der Waals surface area contributed by atoms with Crippen molar-refractivity contribution in [2.45, 2.75) is 25.3 Å². The van der Waals surface area contributed by atoms with E-state index < -0.39 is 0 Å². The summed E-state index contributed by atoms with van der Waals surface area (Å²) in [5, 5.41) is 2.50. The van der Waals surface area contributed by atoms with Gasteiger partial charge in [-0.25, -0.2) is 0 Å². The normalized spacial score (nSPS) is 12.2. The van der Waals surface area contributed by atoms with Crippen molar-refractivity contribution < 1.29 is 0 Å². The number of hydrazine groups is 1. The van der Waals surface area contributed by atoms with Gasteiger partial charge in [-0.2, -0.15) is 0 Å². The van der Waals surface area contributed by atoms with Gasteiger partial charge in [0.25, 0.3) is 0 Å². The fraction of sp³-hybridized carbons (Fsp3) is 0.250. The first kappa shape index (κ1) is 12.6. The highest BCUT2D eigenvalue weighted by Crippen LogP contribution is 2.26. The highest BCUT2D eigenvalue weighted by Gasteiger charge is 2.11. The van der Waals surface area contributed by atoms with Crippen molar-refractivity contribution in [2.75, 3.05) is 0 Å². The third-order valence-corrected chi connectivity index (χ3v) is 3.21. The standard InChI is InChI=1S/C16H18N2/c1-2-3-4-12-16(18-17)15-11-7-9-13-8-5-6-10-14(13)15/h1,5-11,16,18H,3-4,12,17H2. The largest absolute Gasteiger partial charge is 0.271 e. The molecule has 2 nitrogen and oxygen atoms in total. The second-order valence-electron chi connectivity index (χ2n) is 4.38. The lowest BCUT2D eigenvalue weighted by molar-refractivity contribution is 0.505. The molecule has 0 aliphatic carbocycles. The van der Waals surface area contributed by atoms with Gasteiger partial charge in [0.15, 0.2) is 0 Å². The SMILES string of the molecule is C#CCCCC(NN)c1cccc2ccccc12. The molecular formula is C16H18N2. The van der Waals surface area contributed by atoms with Crippen LogP contribution >= 0.6 is 0 Å². The average molecular weight is 238 g/mol. The molecule has 3 N–H and O–H groups in total. The Labute approximate surface area is 108 Å². The summed E-state index contributed by atoms with van der Waals surface area (Å²) in [7, 11) is 0. The first-order chi connectivity index (χ1) is 8.86. The molecule has 92 valence electrons. The summed E-state index contributed by atoms with van der Waals surface area (Å²) >= 11 is 0. The zero-order valence-electron chi connectivity index (χ0n) is 10.4. The summed E-state index contributed by atoms with van der Waals surface area (Å²) < 4.78 is 0. The second-order valence-corrected chi connectivity index (χ2v) is 4.38. The molecule has 2 aromatic rings. The van der Waals surface area contributed by atoms with Crippen LogP contribution in [0.2, 0.25) is 0 Å². The maximum atomic E-state index is 5.68. The van der Waals surface area contributed by atoms with Crippen LogP contribution in [0, 0.1) is 12.3 Å². The van der Waals surface area contributed by atoms with E-state index in [1.165, 1.54) is 16.3 Å². The van der Waals surface area contributed by atoms with E-state index in [4.69, 9.17) is 12.3 Å². The van der Waals surface area contributed by atoms with Crippen LogP contribution in [0.3, 0.4) is 0 Å². The average Bonchev–Trinajstić information content (AvgIpc) is 2.43. The summed E-state index contributed by atoms with van der Waals surface area (Å²) in [6, 6.07) is 14.8. The lowest BCUT2D eigenvalue weighted by atomic mass is 9.96. The number of nitrogens with two attached hydrogens (primary N) is 1. The number of hydrogen-bond donors (Lipinski definition) is 2. The van der Waals surface area contributed by atoms with Crippen molar-refractivity contribution in [1.82, 2.24) is 5.43 Å². The minimum Gasteiger partial charge on any atom is -0.271 e. The van der Waals surface area contributed by atoms with Gasteiger partial charge in [0.1, 0.15) is 0 Å². The summed E-state index contributed by atoms with van der Waals surface area (Å²) in [6.07, 6.45) is 8.01. The van der Waals surface area contributed by atoms with Crippen LogP contribution in [0.1, 0.15) is 30.9 Å². The van der Waals surface area contributed by atoms with E-state index in [-0.39, 0.29) is 6.04 Å². The van der Waals surface area contributed by atoms with E-state index in [1.54, 1.807) is 0 Å². The molecule has 0 saturated carbocycles. The van der Waals surface area contributed by atoms with Gasteiger partial charge in [-0.3, -0.25) is 11.3 Å². The molecule has 0 aliphatic rings. The summed E-state index contributed by atoms with van der Waals surface area (Å²) in [5.41, 5.74) is 4.14. The molecule has 2 aromatic carbocycles. The Morgan fingerprint density at radius 2 is 1.94 bits per heavy atom. The van der Waals surface area contributed by atoms with Crippen LogP contribution in [0.5, 0.6) is 0 Å². The number of rotatable bonds is 5. The van der Waals surface area contributed by atoms with Crippen LogP contribution in [-0.4, -0.2) is 0 Å². The van der Waals surface area contributed by atoms with Gasteiger partial charge in [-0.15, -0.1) is 12.3 Å². The predicted octanol–water partition coefficient (Wildman–Crippen LogP) is 3.15. The lowest BCUT2D eigenvalue weighted by Crippen LogP contribution is -2.28. The Kier molecular flexibility index (Phi) is 4.35. The van der Waals surface area contributed by atoms with Crippen LogP contribution in [-0.2, 0) is 0 Å². The number of hydrogen-bond acceptors (Lipinski definition) is 2. The van der Waals surface area contributed by atoms with E-state index >= 15 is 0 Å². The second kappa shape index (κ2) is 6.20. The maximum absolute atomic E-state index is 5.68. The predicted molar refractivity (Wildman–Crippen MR) is 76.7 cm³/mol. The Morgan fingerprint density at radius 3 is 2.72 bits per heavy atom. The Balaban J connectivity index is 2.30. The highest BCUT2D eigenvalue weighted by molar-refractivity contribution is 5.86. The molecule has 0 heterocycles. The Hall–Kier alpha value is -1.82. The van der Waals surface area contributed by atoms with Crippen molar-refractivity contribution in [1.29, 1.82) is 0 Å². The van der Waals surface area contributed by atoms with Crippen molar-refractivity contribution >= 4 is 10.8 Å². The van der Waals surface area contributed by atoms with Crippen molar-refractivity contribution in [3.8, 4) is 12.3 Å². The highest BCUT2D eigenvalue weighted by atomic mass is 15.2. The van der Waals surface area contributed by atoms with E-state index in [2.05, 4.69) is 53.8 Å². The first-order valence-corrected chi connectivity index (χ1v) is 6.24. The number of nitrogens with one attached hydrogen (secondary N) is 1. The number of terminal acetylenes is 1. The molecule has 0 aliphatic heterocycles. The van der Waals surface area contributed by atoms with E-state index in [1.807, 2.05) is 0 Å².